The maximum atomic E-state index is 13.4. The van der Waals surface area contributed by atoms with Crippen molar-refractivity contribution in [3.05, 3.63) is 12.2 Å². The molecule has 9 nitrogen and oxygen atoms in total. The van der Waals surface area contributed by atoms with Crippen molar-refractivity contribution in [3.63, 3.8) is 0 Å². The Labute approximate surface area is 292 Å². The lowest BCUT2D eigenvalue weighted by atomic mass is 9.91. The van der Waals surface area contributed by atoms with E-state index in [9.17, 15) is 35.4 Å². The molecular formula is C39H74O9. The number of unbranched alkanes of at least 4 members (excludes halogenated alkanes) is 17. The van der Waals surface area contributed by atoms with E-state index in [-0.39, 0.29) is 6.61 Å². The van der Waals surface area contributed by atoms with E-state index in [0.717, 1.165) is 44.4 Å². The normalized spacial score (nSPS) is 24.1. The summed E-state index contributed by atoms with van der Waals surface area (Å²) >= 11 is 0. The van der Waals surface area contributed by atoms with Crippen molar-refractivity contribution in [1.82, 2.24) is 0 Å². The quantitative estimate of drug-likeness (QED) is 0.0353. The smallest absolute Gasteiger partial charge is 0.186 e. The van der Waals surface area contributed by atoms with E-state index in [4.69, 9.17) is 9.47 Å². The number of aliphatic hydroxyl groups excluding tert-OH is 6. The van der Waals surface area contributed by atoms with Gasteiger partial charge in [0.2, 0.25) is 0 Å². The Morgan fingerprint density at radius 3 is 1.79 bits per heavy atom. The Hall–Kier alpha value is -0.910. The number of hydrogen-bond acceptors (Lipinski definition) is 9. The van der Waals surface area contributed by atoms with Gasteiger partial charge < -0.3 is 40.1 Å². The second-order valence-electron chi connectivity index (χ2n) is 14.4. The monoisotopic (exact) mass is 687 g/mol. The van der Waals surface area contributed by atoms with Crippen LogP contribution in [0.4, 0.5) is 0 Å². The number of allylic oxidation sites excluding steroid dienone is 1. The van der Waals surface area contributed by atoms with E-state index in [1.807, 2.05) is 6.08 Å². The fourth-order valence-corrected chi connectivity index (χ4v) is 6.36. The lowest BCUT2D eigenvalue weighted by Gasteiger charge is -2.40. The minimum atomic E-state index is -1.62. The highest BCUT2D eigenvalue weighted by molar-refractivity contribution is 5.86. The molecule has 0 aromatic rings. The average molecular weight is 687 g/mol. The number of rotatable bonds is 31. The van der Waals surface area contributed by atoms with Crippen molar-refractivity contribution in [2.75, 3.05) is 13.2 Å². The van der Waals surface area contributed by atoms with E-state index in [1.165, 1.54) is 89.9 Å². The Morgan fingerprint density at radius 1 is 0.729 bits per heavy atom. The first-order valence-electron chi connectivity index (χ1n) is 19.7. The van der Waals surface area contributed by atoms with E-state index in [0.29, 0.717) is 12.8 Å². The van der Waals surface area contributed by atoms with Crippen LogP contribution in [0.3, 0.4) is 0 Å². The summed E-state index contributed by atoms with van der Waals surface area (Å²) < 4.78 is 11.1. The minimum Gasteiger partial charge on any atom is -0.394 e. The summed E-state index contributed by atoms with van der Waals surface area (Å²) in [5.74, 6) is -0.862. The minimum absolute atomic E-state index is 0.292. The van der Waals surface area contributed by atoms with Gasteiger partial charge in [-0.3, -0.25) is 4.79 Å². The topological polar surface area (TPSA) is 157 Å². The van der Waals surface area contributed by atoms with Gasteiger partial charge in [-0.25, -0.2) is 0 Å². The van der Waals surface area contributed by atoms with Crippen LogP contribution >= 0.6 is 0 Å². The maximum absolute atomic E-state index is 13.4. The van der Waals surface area contributed by atoms with Crippen molar-refractivity contribution >= 4 is 5.78 Å². The molecule has 1 aliphatic heterocycles. The fraction of sp³-hybridized carbons (Fsp3) is 0.923. The van der Waals surface area contributed by atoms with Crippen molar-refractivity contribution in [3.8, 4) is 0 Å². The van der Waals surface area contributed by atoms with Crippen LogP contribution in [0, 0.1) is 11.8 Å². The summed E-state index contributed by atoms with van der Waals surface area (Å²) in [4.78, 5) is 13.4. The molecule has 1 fully saturated rings. The second kappa shape index (κ2) is 28.8. The zero-order valence-electron chi connectivity index (χ0n) is 30.7. The summed E-state index contributed by atoms with van der Waals surface area (Å²) in [5.41, 5.74) is 0. The molecule has 284 valence electrons. The van der Waals surface area contributed by atoms with E-state index < -0.39 is 61.2 Å². The fourth-order valence-electron chi connectivity index (χ4n) is 6.36. The zero-order valence-corrected chi connectivity index (χ0v) is 30.7. The summed E-state index contributed by atoms with van der Waals surface area (Å²) in [6, 6.07) is 0. The van der Waals surface area contributed by atoms with Crippen LogP contribution in [0.1, 0.15) is 162 Å². The van der Waals surface area contributed by atoms with Crippen LogP contribution < -0.4 is 0 Å². The van der Waals surface area contributed by atoms with Gasteiger partial charge in [0.15, 0.2) is 12.1 Å². The Morgan fingerprint density at radius 2 is 1.25 bits per heavy atom. The van der Waals surface area contributed by atoms with Crippen LogP contribution in [-0.2, 0) is 14.3 Å². The molecule has 1 unspecified atom stereocenters. The largest absolute Gasteiger partial charge is 0.394 e. The predicted octanol–water partition coefficient (Wildman–Crippen LogP) is 6.52. The predicted molar refractivity (Wildman–Crippen MR) is 191 cm³/mol. The molecule has 0 aromatic heterocycles. The van der Waals surface area contributed by atoms with Gasteiger partial charge in [0.05, 0.1) is 25.2 Å². The molecule has 0 radical (unpaired) electrons. The highest BCUT2D eigenvalue weighted by atomic mass is 16.7. The lowest BCUT2D eigenvalue weighted by Crippen LogP contribution is -2.59. The van der Waals surface area contributed by atoms with Gasteiger partial charge in [-0.2, -0.15) is 0 Å². The third-order valence-corrected chi connectivity index (χ3v) is 10.1. The molecule has 0 spiro atoms. The molecule has 6 N–H and O–H groups in total. The number of ether oxygens (including phenoxy) is 2. The van der Waals surface area contributed by atoms with Crippen LogP contribution in [0.15, 0.2) is 12.2 Å². The maximum Gasteiger partial charge on any atom is 0.186 e. The molecule has 9 heteroatoms. The summed E-state index contributed by atoms with van der Waals surface area (Å²) in [7, 11) is 0. The van der Waals surface area contributed by atoms with E-state index in [1.54, 1.807) is 6.08 Å². The number of ketones is 1. The van der Waals surface area contributed by atoms with Crippen molar-refractivity contribution in [1.29, 1.82) is 0 Å². The van der Waals surface area contributed by atoms with Crippen molar-refractivity contribution in [2.45, 2.75) is 205 Å². The molecular weight excluding hydrogens is 612 g/mol. The van der Waals surface area contributed by atoms with Gasteiger partial charge in [-0.05, 0) is 25.2 Å². The van der Waals surface area contributed by atoms with Crippen LogP contribution in [0.25, 0.3) is 0 Å². The van der Waals surface area contributed by atoms with Crippen LogP contribution in [0.2, 0.25) is 0 Å². The molecule has 9 atom stereocenters. The summed E-state index contributed by atoms with van der Waals surface area (Å²) in [6.07, 6.45) is 18.4. The molecule has 0 aliphatic carbocycles. The lowest BCUT2D eigenvalue weighted by molar-refractivity contribution is -0.303. The van der Waals surface area contributed by atoms with Gasteiger partial charge in [-0.15, -0.1) is 0 Å². The number of aliphatic hydroxyl groups is 6. The van der Waals surface area contributed by atoms with Gasteiger partial charge >= 0.3 is 0 Å². The van der Waals surface area contributed by atoms with Gasteiger partial charge in [0.1, 0.15) is 30.5 Å². The highest BCUT2D eigenvalue weighted by Gasteiger charge is 2.44. The number of hydrogen-bond donors (Lipinski definition) is 6. The average Bonchev–Trinajstić information content (AvgIpc) is 3.08. The molecule has 1 rings (SSSR count). The molecule has 48 heavy (non-hydrogen) atoms. The first-order valence-corrected chi connectivity index (χ1v) is 19.7. The van der Waals surface area contributed by atoms with Crippen LogP contribution in [-0.4, -0.2) is 92.5 Å². The summed E-state index contributed by atoms with van der Waals surface area (Å²) in [5, 5.41) is 61.9. The second-order valence-corrected chi connectivity index (χ2v) is 14.4. The van der Waals surface area contributed by atoms with Gasteiger partial charge in [0, 0.05) is 0 Å². The third-order valence-electron chi connectivity index (χ3n) is 10.1. The number of carbonyl (C=O) groups excluding carboxylic acids is 1. The van der Waals surface area contributed by atoms with Gasteiger partial charge in [-0.1, -0.05) is 155 Å². The standard InChI is InChI=1S/C39H74O9/c1-4-6-7-8-9-10-11-12-13-18-21-24-27-33(42)35(43)31(29-47-39-38(46)37(45)36(44)34(28-40)48-39)32(41)26-23-20-17-15-14-16-19-22-25-30(3)5-2/h23,26,30-34,36-42,44-46H,4-22,24-25,27-29H2,1-3H3/b26-23+/t30?,31-,32+,33+,34+,36-,37-,38+,39+/m0/s1. The molecule has 0 bridgehead atoms. The first-order chi connectivity index (χ1) is 23.2. The van der Waals surface area contributed by atoms with Crippen LogP contribution in [0.5, 0.6) is 0 Å². The molecule has 1 aliphatic rings. The highest BCUT2D eigenvalue weighted by Crippen LogP contribution is 2.24. The van der Waals surface area contributed by atoms with E-state index in [2.05, 4.69) is 20.8 Å². The molecule has 0 amide bonds. The molecule has 0 aromatic carbocycles. The zero-order chi connectivity index (χ0) is 35.6. The van der Waals surface area contributed by atoms with Crippen molar-refractivity contribution < 1.29 is 44.9 Å². The van der Waals surface area contributed by atoms with E-state index >= 15 is 0 Å². The molecule has 1 saturated heterocycles. The molecule has 0 saturated carbocycles. The summed E-state index contributed by atoms with van der Waals surface area (Å²) in [6.45, 7) is 5.80. The first kappa shape index (κ1) is 45.1. The Balaban J connectivity index is 2.56. The van der Waals surface area contributed by atoms with Crippen molar-refractivity contribution in [2.24, 2.45) is 11.8 Å². The van der Waals surface area contributed by atoms with Gasteiger partial charge in [0.25, 0.3) is 0 Å². The SMILES string of the molecule is CCCCCCCCCCCCCC[C@@H](O)C(=O)[C@@H](CO[C@@H]1O[C@H](CO)[C@H](O)[C@H](O)[C@H]1O)[C@H](O)/C=C/CCCCCCCCC(C)CC. The number of Topliss-reactive ketones (excluding diaryl/α,β-unsaturated/α-hetero) is 1. The Kier molecular flexibility index (Phi) is 27.0. The molecule has 1 heterocycles. The third kappa shape index (κ3) is 19.5. The Bertz CT molecular complexity index is 791. The number of carbonyl (C=O) groups is 1.